The molecule has 2 aliphatic heterocycles. The molecule has 0 spiro atoms. The molecule has 9 heteroatoms. The van der Waals surface area contributed by atoms with Gasteiger partial charge in [-0.15, -0.1) is 0 Å². The monoisotopic (exact) mass is 470 g/mol. The molecule has 2 aromatic carbocycles. The maximum absolute atomic E-state index is 12.5. The number of nitrogens with zero attached hydrogens (tertiary/aromatic N) is 2. The van der Waals surface area contributed by atoms with Gasteiger partial charge in [-0.1, -0.05) is 12.1 Å². The number of para-hydroxylation sites is 2. The third kappa shape index (κ3) is 5.26. The number of hydrogen-bond donors (Lipinski definition) is 1. The quantitative estimate of drug-likeness (QED) is 0.434. The number of rotatable bonds is 9. The Balaban J connectivity index is 1.25. The second kappa shape index (κ2) is 10.8. The summed E-state index contributed by atoms with van der Waals surface area (Å²) in [4.78, 5) is 28.9. The molecule has 0 aliphatic carbocycles. The van der Waals surface area contributed by atoms with E-state index in [0.29, 0.717) is 18.0 Å². The van der Waals surface area contributed by atoms with E-state index in [0.717, 1.165) is 37.6 Å². The van der Waals surface area contributed by atoms with E-state index in [1.54, 1.807) is 26.2 Å². The highest BCUT2D eigenvalue weighted by molar-refractivity contribution is 6.15. The van der Waals surface area contributed by atoms with Crippen molar-refractivity contribution in [3.8, 4) is 17.2 Å². The summed E-state index contributed by atoms with van der Waals surface area (Å²) in [5, 5.41) is 10.5. The van der Waals surface area contributed by atoms with Crippen LogP contribution in [0.5, 0.6) is 17.2 Å². The summed E-state index contributed by atoms with van der Waals surface area (Å²) >= 11 is 0. The van der Waals surface area contributed by atoms with Crippen molar-refractivity contribution in [3.05, 3.63) is 48.0 Å². The summed E-state index contributed by atoms with van der Waals surface area (Å²) in [7, 11) is 1.67. The van der Waals surface area contributed by atoms with Crippen molar-refractivity contribution >= 4 is 17.4 Å². The molecule has 2 unspecified atom stereocenters. The van der Waals surface area contributed by atoms with Crippen LogP contribution in [0.3, 0.4) is 0 Å². The largest absolute Gasteiger partial charge is 0.495 e. The first-order valence-corrected chi connectivity index (χ1v) is 11.4. The number of carbonyl (C=O) groups excluding carboxylic acids is 2. The van der Waals surface area contributed by atoms with Gasteiger partial charge in [0, 0.05) is 32.7 Å². The van der Waals surface area contributed by atoms with Crippen molar-refractivity contribution in [1.82, 2.24) is 4.90 Å². The Labute approximate surface area is 198 Å². The molecule has 0 saturated carbocycles. The van der Waals surface area contributed by atoms with Gasteiger partial charge in [0.2, 0.25) is 5.78 Å². The lowest BCUT2D eigenvalue weighted by Gasteiger charge is -2.37. The zero-order valence-corrected chi connectivity index (χ0v) is 19.4. The summed E-state index contributed by atoms with van der Waals surface area (Å²) in [6, 6.07) is 12.7. The number of aliphatic hydroxyl groups is 1. The molecule has 1 saturated heterocycles. The predicted molar refractivity (Wildman–Crippen MR) is 125 cm³/mol. The number of ketones is 1. The van der Waals surface area contributed by atoms with Crippen LogP contribution >= 0.6 is 0 Å². The van der Waals surface area contributed by atoms with E-state index in [4.69, 9.17) is 18.9 Å². The van der Waals surface area contributed by atoms with Crippen LogP contribution in [0.25, 0.3) is 0 Å². The van der Waals surface area contributed by atoms with Gasteiger partial charge in [0.1, 0.15) is 30.0 Å². The standard InChI is InChI=1S/C25H30N2O7/c1-3-32-25(30)24-23(29)19-14-18(8-9-21(19)34-24)33-16-17(28)15-26-10-12-27(13-11-26)20-6-4-5-7-22(20)31-2/h4-9,14,17,24,28H,3,10-13,15-16H2,1-2H3. The molecule has 0 aromatic heterocycles. The summed E-state index contributed by atoms with van der Waals surface area (Å²) < 4.78 is 21.5. The van der Waals surface area contributed by atoms with Gasteiger partial charge in [-0.05, 0) is 37.3 Å². The number of piperazine rings is 1. The number of hydrogen-bond acceptors (Lipinski definition) is 9. The first-order chi connectivity index (χ1) is 16.5. The molecule has 1 N–H and O–H groups in total. The summed E-state index contributed by atoms with van der Waals surface area (Å²) in [6.45, 7) is 5.71. The third-order valence-electron chi connectivity index (χ3n) is 5.91. The van der Waals surface area contributed by atoms with E-state index in [-0.39, 0.29) is 18.8 Å². The normalized spacial score (nSPS) is 18.7. The molecule has 9 nitrogen and oxygen atoms in total. The van der Waals surface area contributed by atoms with Crippen LogP contribution in [0.1, 0.15) is 17.3 Å². The van der Waals surface area contributed by atoms with Gasteiger partial charge in [0.05, 0.1) is 25.0 Å². The lowest BCUT2D eigenvalue weighted by atomic mass is 10.1. The van der Waals surface area contributed by atoms with Crippen LogP contribution in [0.4, 0.5) is 5.69 Å². The van der Waals surface area contributed by atoms with E-state index in [1.165, 1.54) is 6.07 Å². The number of anilines is 1. The molecule has 0 bridgehead atoms. The number of fused-ring (bicyclic) bond motifs is 1. The number of carbonyl (C=O) groups is 2. The Morgan fingerprint density at radius 2 is 1.94 bits per heavy atom. The topological polar surface area (TPSA) is 97.8 Å². The van der Waals surface area contributed by atoms with Gasteiger partial charge in [-0.25, -0.2) is 4.79 Å². The van der Waals surface area contributed by atoms with Crippen LogP contribution in [-0.2, 0) is 9.53 Å². The Morgan fingerprint density at radius 1 is 1.18 bits per heavy atom. The molecular formula is C25H30N2O7. The van der Waals surface area contributed by atoms with E-state index in [2.05, 4.69) is 15.9 Å². The van der Waals surface area contributed by atoms with Crippen LogP contribution in [0.2, 0.25) is 0 Å². The molecule has 2 aromatic rings. The smallest absolute Gasteiger partial charge is 0.355 e. The van der Waals surface area contributed by atoms with Crippen molar-refractivity contribution < 1.29 is 33.6 Å². The fourth-order valence-corrected chi connectivity index (χ4v) is 4.19. The molecule has 0 radical (unpaired) electrons. The van der Waals surface area contributed by atoms with Gasteiger partial charge in [0.15, 0.2) is 0 Å². The maximum Gasteiger partial charge on any atom is 0.355 e. The summed E-state index contributed by atoms with van der Waals surface area (Å²) in [6.07, 6.45) is -1.96. The number of Topliss-reactive ketones (excluding diaryl/α,β-unsaturated/α-hetero) is 1. The van der Waals surface area contributed by atoms with Crippen LogP contribution in [-0.4, -0.2) is 87.0 Å². The number of benzene rings is 2. The van der Waals surface area contributed by atoms with Gasteiger partial charge in [-0.3, -0.25) is 9.69 Å². The number of β-amino-alcohol motifs (C(OH)–C–C–N with tert-alkyl or cyclic N) is 1. The average Bonchev–Trinajstić information content (AvgIpc) is 3.19. The van der Waals surface area contributed by atoms with Crippen LogP contribution < -0.4 is 19.1 Å². The molecule has 182 valence electrons. The van der Waals surface area contributed by atoms with Crippen molar-refractivity contribution in [3.63, 3.8) is 0 Å². The predicted octanol–water partition coefficient (Wildman–Crippen LogP) is 1.76. The second-order valence-electron chi connectivity index (χ2n) is 8.20. The zero-order valence-electron chi connectivity index (χ0n) is 19.4. The Kier molecular flexibility index (Phi) is 7.54. The second-order valence-corrected chi connectivity index (χ2v) is 8.20. The minimum absolute atomic E-state index is 0.0852. The SMILES string of the molecule is CCOC(=O)C1Oc2ccc(OCC(O)CN3CCN(c4ccccc4OC)CC3)cc2C1=O. The third-order valence-corrected chi connectivity index (χ3v) is 5.91. The Hall–Kier alpha value is -3.30. The minimum atomic E-state index is -1.27. The highest BCUT2D eigenvalue weighted by atomic mass is 16.6. The minimum Gasteiger partial charge on any atom is -0.495 e. The average molecular weight is 471 g/mol. The molecule has 2 heterocycles. The highest BCUT2D eigenvalue weighted by Crippen LogP contribution is 2.33. The lowest BCUT2D eigenvalue weighted by Crippen LogP contribution is -2.49. The Morgan fingerprint density at radius 3 is 2.68 bits per heavy atom. The number of aliphatic hydroxyl groups excluding tert-OH is 1. The lowest BCUT2D eigenvalue weighted by molar-refractivity contribution is -0.148. The van der Waals surface area contributed by atoms with Gasteiger partial charge >= 0.3 is 5.97 Å². The number of esters is 1. The summed E-state index contributed by atoms with van der Waals surface area (Å²) in [5.74, 6) is 0.458. The Bertz CT molecular complexity index is 1020. The van der Waals surface area contributed by atoms with E-state index in [1.807, 2.05) is 18.2 Å². The van der Waals surface area contributed by atoms with E-state index < -0.39 is 24.0 Å². The fourth-order valence-electron chi connectivity index (χ4n) is 4.19. The van der Waals surface area contributed by atoms with Crippen molar-refractivity contribution in [1.29, 1.82) is 0 Å². The molecule has 2 aliphatic rings. The van der Waals surface area contributed by atoms with Crippen molar-refractivity contribution in [2.75, 3.05) is 57.9 Å². The van der Waals surface area contributed by atoms with Crippen molar-refractivity contribution in [2.24, 2.45) is 0 Å². The van der Waals surface area contributed by atoms with Gasteiger partial charge in [0.25, 0.3) is 6.10 Å². The van der Waals surface area contributed by atoms with Crippen molar-refractivity contribution in [2.45, 2.75) is 19.1 Å². The number of ether oxygens (including phenoxy) is 4. The molecule has 34 heavy (non-hydrogen) atoms. The molecule has 4 rings (SSSR count). The van der Waals surface area contributed by atoms with Crippen LogP contribution in [0, 0.1) is 0 Å². The van der Waals surface area contributed by atoms with Crippen LogP contribution in [0.15, 0.2) is 42.5 Å². The van der Waals surface area contributed by atoms with Gasteiger partial charge in [-0.2, -0.15) is 0 Å². The molecule has 1 fully saturated rings. The fraction of sp³-hybridized carbons (Fsp3) is 0.440. The molecular weight excluding hydrogens is 440 g/mol. The highest BCUT2D eigenvalue weighted by Gasteiger charge is 2.39. The van der Waals surface area contributed by atoms with E-state index in [9.17, 15) is 14.7 Å². The number of methoxy groups -OCH3 is 1. The first kappa shape index (κ1) is 23.8. The maximum atomic E-state index is 12.5. The summed E-state index contributed by atoms with van der Waals surface area (Å²) in [5.41, 5.74) is 1.35. The van der Waals surface area contributed by atoms with E-state index >= 15 is 0 Å². The molecule has 0 amide bonds. The first-order valence-electron chi connectivity index (χ1n) is 11.4. The van der Waals surface area contributed by atoms with Gasteiger partial charge < -0.3 is 29.0 Å². The zero-order chi connectivity index (χ0) is 24.1. The molecule has 2 atom stereocenters.